The van der Waals surface area contributed by atoms with E-state index in [1.54, 1.807) is 0 Å². The van der Waals surface area contributed by atoms with Crippen LogP contribution in [0.25, 0.3) is 0 Å². The lowest BCUT2D eigenvalue weighted by atomic mass is 10.0. The summed E-state index contributed by atoms with van der Waals surface area (Å²) in [6, 6.07) is 2.61. The van der Waals surface area contributed by atoms with Crippen molar-refractivity contribution < 1.29 is 35.5 Å². The number of alkyl halides is 7. The Hall–Kier alpha value is -0.720. The largest absolute Gasteiger partial charge is 0.496 e. The molecule has 196 valence electrons. The molecule has 2 N–H and O–H groups in total. The van der Waals surface area contributed by atoms with Crippen LogP contribution in [0.5, 0.6) is 5.75 Å². The Kier molecular flexibility index (Phi) is 10.4. The predicted molar refractivity (Wildman–Crippen MR) is 123 cm³/mol. The highest BCUT2D eigenvalue weighted by molar-refractivity contribution is 9.10. The Morgan fingerprint density at radius 1 is 1.09 bits per heavy atom. The molecule has 0 aliphatic heterocycles. The van der Waals surface area contributed by atoms with Gasteiger partial charge in [-0.1, -0.05) is 6.92 Å². The quantitative estimate of drug-likeness (QED) is 0.188. The van der Waals surface area contributed by atoms with Gasteiger partial charge in [0.15, 0.2) is 0 Å². The van der Waals surface area contributed by atoms with E-state index in [0.717, 1.165) is 25.8 Å². The summed E-state index contributed by atoms with van der Waals surface area (Å²) in [5, 5.41) is 3.38. The van der Waals surface area contributed by atoms with E-state index in [1.807, 2.05) is 0 Å². The van der Waals surface area contributed by atoms with Gasteiger partial charge in [-0.05, 0) is 71.6 Å². The van der Waals surface area contributed by atoms with Crippen molar-refractivity contribution in [2.45, 2.75) is 74.9 Å². The van der Waals surface area contributed by atoms with Crippen LogP contribution >= 0.6 is 27.9 Å². The van der Waals surface area contributed by atoms with Crippen molar-refractivity contribution in [3.8, 4) is 5.75 Å². The molecule has 0 bridgehead atoms. The molecule has 0 radical (unpaired) electrons. The summed E-state index contributed by atoms with van der Waals surface area (Å²) in [6.07, 6.45) is -2.96. The Morgan fingerprint density at radius 2 is 1.65 bits per heavy atom. The van der Waals surface area contributed by atoms with Crippen LogP contribution in [-0.4, -0.2) is 38.1 Å². The Bertz CT molecular complexity index is 789. The first-order chi connectivity index (χ1) is 15.6. The maximum atomic E-state index is 13.4. The van der Waals surface area contributed by atoms with Crippen molar-refractivity contribution in [3.63, 3.8) is 0 Å². The van der Waals surface area contributed by atoms with Gasteiger partial charge >= 0.3 is 6.18 Å². The third-order valence-corrected chi connectivity index (χ3v) is 7.81. The molecule has 0 amide bonds. The number of hydrogen-bond acceptors (Lipinski definition) is 4. The molecular formula is C22H30BrF7N2OS. The molecule has 2 fully saturated rings. The first-order valence-corrected chi connectivity index (χ1v) is 12.6. The van der Waals surface area contributed by atoms with Crippen molar-refractivity contribution in [2.75, 3.05) is 20.2 Å². The molecule has 0 spiro atoms. The van der Waals surface area contributed by atoms with E-state index in [2.05, 4.69) is 26.0 Å². The minimum atomic E-state index is -4.49. The van der Waals surface area contributed by atoms with Gasteiger partial charge in [0.1, 0.15) is 5.75 Å². The number of hydrogen-bond donors (Lipinski definition) is 2. The Balaban J connectivity index is 0.000000604. The molecule has 1 aromatic carbocycles. The minimum Gasteiger partial charge on any atom is -0.496 e. The fourth-order valence-electron chi connectivity index (χ4n) is 4.19. The zero-order valence-electron chi connectivity index (χ0n) is 19.2. The van der Waals surface area contributed by atoms with Crippen LogP contribution in [0.2, 0.25) is 0 Å². The van der Waals surface area contributed by atoms with E-state index < -0.39 is 23.6 Å². The van der Waals surface area contributed by atoms with E-state index in [1.165, 1.54) is 32.0 Å². The van der Waals surface area contributed by atoms with Gasteiger partial charge in [0.25, 0.3) is 0 Å². The van der Waals surface area contributed by atoms with Crippen molar-refractivity contribution >= 4 is 27.9 Å². The molecular weight excluding hydrogens is 553 g/mol. The molecule has 34 heavy (non-hydrogen) atoms. The van der Waals surface area contributed by atoms with Gasteiger partial charge in [-0.3, -0.25) is 4.72 Å². The van der Waals surface area contributed by atoms with E-state index in [-0.39, 0.29) is 42.9 Å². The third-order valence-electron chi connectivity index (χ3n) is 5.99. The van der Waals surface area contributed by atoms with Gasteiger partial charge in [-0.15, -0.1) is 0 Å². The van der Waals surface area contributed by atoms with Crippen LogP contribution < -0.4 is 14.8 Å². The topological polar surface area (TPSA) is 33.3 Å². The average Bonchev–Trinajstić information content (AvgIpc) is 3.20. The zero-order valence-corrected chi connectivity index (χ0v) is 21.6. The van der Waals surface area contributed by atoms with Crippen LogP contribution in [-0.2, 0) is 6.18 Å². The molecule has 1 aromatic rings. The molecule has 2 aliphatic carbocycles. The molecule has 0 heterocycles. The van der Waals surface area contributed by atoms with Crippen LogP contribution in [0.4, 0.5) is 30.7 Å². The van der Waals surface area contributed by atoms with Crippen LogP contribution in [0.15, 0.2) is 21.5 Å². The van der Waals surface area contributed by atoms with E-state index in [9.17, 15) is 30.7 Å². The van der Waals surface area contributed by atoms with E-state index in [0.29, 0.717) is 22.5 Å². The van der Waals surface area contributed by atoms with Gasteiger partial charge in [0.2, 0.25) is 11.8 Å². The van der Waals surface area contributed by atoms with E-state index in [4.69, 9.17) is 4.74 Å². The number of halogens is 8. The summed E-state index contributed by atoms with van der Waals surface area (Å²) in [5.41, 5.74) is -0.828. The van der Waals surface area contributed by atoms with Crippen LogP contribution in [0, 0.1) is 11.8 Å². The first-order valence-electron chi connectivity index (χ1n) is 11.0. The third kappa shape index (κ3) is 9.05. The van der Waals surface area contributed by atoms with Crippen molar-refractivity contribution in [2.24, 2.45) is 11.8 Å². The van der Waals surface area contributed by atoms with Crippen molar-refractivity contribution in [1.82, 2.24) is 10.0 Å². The average molecular weight is 583 g/mol. The lowest BCUT2D eigenvalue weighted by Gasteiger charge is -2.17. The van der Waals surface area contributed by atoms with Gasteiger partial charge in [-0.25, -0.2) is 17.6 Å². The van der Waals surface area contributed by atoms with Gasteiger partial charge in [0.05, 0.1) is 12.7 Å². The fraction of sp³-hybridized carbons (Fsp3) is 0.727. The summed E-state index contributed by atoms with van der Waals surface area (Å²) < 4.78 is 97.0. The molecule has 0 saturated heterocycles. The number of ether oxygens (including phenoxy) is 1. The molecule has 2 aliphatic rings. The van der Waals surface area contributed by atoms with Crippen LogP contribution in [0.1, 0.15) is 51.5 Å². The summed E-state index contributed by atoms with van der Waals surface area (Å²) >= 11 is 4.38. The lowest BCUT2D eigenvalue weighted by Crippen LogP contribution is -2.32. The predicted octanol–water partition coefficient (Wildman–Crippen LogP) is 7.54. The summed E-state index contributed by atoms with van der Waals surface area (Å²) in [6.45, 7) is 3.61. The van der Waals surface area contributed by atoms with Crippen molar-refractivity contribution in [1.29, 1.82) is 0 Å². The highest BCUT2D eigenvalue weighted by Gasteiger charge is 2.50. The highest BCUT2D eigenvalue weighted by Crippen LogP contribution is 2.51. The second-order valence-corrected chi connectivity index (χ2v) is 10.6. The maximum absolute atomic E-state index is 13.4. The Labute approximate surface area is 208 Å². The first kappa shape index (κ1) is 29.5. The maximum Gasteiger partial charge on any atom is 0.420 e. The number of benzene rings is 1. The SMILES string of the molecule is CCC(C)(F)F.COc1cc(SNCCNC2CC3CC(F)(F)CC3C2)c(Br)cc1C(F)(F)F. The van der Waals surface area contributed by atoms with Gasteiger partial charge < -0.3 is 10.1 Å². The molecule has 0 aromatic heterocycles. The Morgan fingerprint density at radius 3 is 2.12 bits per heavy atom. The number of methoxy groups -OCH3 is 1. The number of fused-ring (bicyclic) bond motifs is 1. The zero-order chi connectivity index (χ0) is 25.7. The molecule has 3 nitrogen and oxygen atoms in total. The molecule has 2 atom stereocenters. The fourth-order valence-corrected chi connectivity index (χ4v) is 5.46. The number of rotatable bonds is 8. The van der Waals surface area contributed by atoms with E-state index >= 15 is 0 Å². The standard InChI is InChI=1S/C18H22BrF5N2OS.C4H8F2/c1-27-15-7-16(14(19)6-13(15)18(22,23)24)28-26-3-2-25-12-4-10-8-17(20,21)9-11(10)5-12;1-3-4(2,5)6/h6-7,10-12,25-26H,2-5,8-9H2,1H3;3H2,1-2H3. The smallest absolute Gasteiger partial charge is 0.420 e. The van der Waals surface area contributed by atoms with Crippen LogP contribution in [0.3, 0.4) is 0 Å². The summed E-state index contributed by atoms with van der Waals surface area (Å²) in [5.74, 6) is -4.95. The van der Waals surface area contributed by atoms with Gasteiger partial charge in [0, 0.05) is 47.8 Å². The molecule has 2 unspecified atom stereocenters. The monoisotopic (exact) mass is 582 g/mol. The normalized spacial score (nSPS) is 23.9. The molecule has 3 rings (SSSR count). The lowest BCUT2D eigenvalue weighted by molar-refractivity contribution is -0.138. The van der Waals surface area contributed by atoms with Gasteiger partial charge in [-0.2, -0.15) is 13.2 Å². The molecule has 12 heteroatoms. The second kappa shape index (κ2) is 12.0. The minimum absolute atomic E-state index is 0.00767. The summed E-state index contributed by atoms with van der Waals surface area (Å²) in [7, 11) is 1.21. The number of nitrogens with one attached hydrogen (secondary N) is 2. The summed E-state index contributed by atoms with van der Waals surface area (Å²) in [4.78, 5) is 0.586. The second-order valence-electron chi connectivity index (χ2n) is 8.81. The molecule has 2 saturated carbocycles. The van der Waals surface area contributed by atoms with Crippen molar-refractivity contribution in [3.05, 3.63) is 22.2 Å². The highest BCUT2D eigenvalue weighted by atomic mass is 79.9.